The molecule has 2 nitrogen and oxygen atoms in total. The molecule has 4 heteroatoms. The number of benzene rings is 2. The van der Waals surface area contributed by atoms with Gasteiger partial charge >= 0.3 is 0 Å². The third kappa shape index (κ3) is 4.97. The van der Waals surface area contributed by atoms with Gasteiger partial charge in [0.1, 0.15) is 0 Å². The first-order valence-electron chi connectivity index (χ1n) is 8.49. The van der Waals surface area contributed by atoms with Gasteiger partial charge in [-0.05, 0) is 60.9 Å². The molecule has 3 atom stereocenters. The van der Waals surface area contributed by atoms with E-state index in [0.717, 1.165) is 24.5 Å². The molecule has 0 spiro atoms. The van der Waals surface area contributed by atoms with Gasteiger partial charge < -0.3 is 11.1 Å². The lowest BCUT2D eigenvalue weighted by Crippen LogP contribution is -2.39. The largest absolute Gasteiger partial charge is 0.330 e. The average molecular weight is 365 g/mol. The summed E-state index contributed by atoms with van der Waals surface area (Å²) in [6.45, 7) is 1.67. The molecule has 1 aliphatic carbocycles. The number of nitrogens with two attached hydrogens (primary N) is 1. The van der Waals surface area contributed by atoms with Crippen molar-refractivity contribution >= 4 is 24.0 Å². The normalized spacial score (nSPS) is 23.5. The highest BCUT2D eigenvalue weighted by molar-refractivity contribution is 6.30. The minimum absolute atomic E-state index is 0. The predicted molar refractivity (Wildman–Crippen MR) is 105 cm³/mol. The lowest BCUT2D eigenvalue weighted by molar-refractivity contribution is 0.254. The maximum absolute atomic E-state index is 6.16. The number of rotatable bonds is 5. The standard InChI is InChI=1S/C20H25ClN2.ClH/c21-18-8-4-7-16(11-18)20-10-9-19(12-17(20)13-22)23-14-15-5-2-1-3-6-15;/h1-8,11,17,19-20,23H,9-10,12-14,22H2;1H. The number of nitrogens with one attached hydrogen (secondary N) is 1. The highest BCUT2D eigenvalue weighted by atomic mass is 35.5. The molecule has 1 saturated carbocycles. The minimum atomic E-state index is 0. The van der Waals surface area contributed by atoms with Crippen molar-refractivity contribution in [2.45, 2.75) is 37.8 Å². The summed E-state index contributed by atoms with van der Waals surface area (Å²) in [7, 11) is 0. The summed E-state index contributed by atoms with van der Waals surface area (Å²) in [6.07, 6.45) is 3.51. The van der Waals surface area contributed by atoms with Crippen LogP contribution in [0.25, 0.3) is 0 Å². The van der Waals surface area contributed by atoms with E-state index in [1.165, 1.54) is 24.0 Å². The fourth-order valence-electron chi connectivity index (χ4n) is 3.74. The van der Waals surface area contributed by atoms with Crippen LogP contribution in [0.3, 0.4) is 0 Å². The summed E-state index contributed by atoms with van der Waals surface area (Å²) in [5.41, 5.74) is 8.76. The molecular formula is C20H26Cl2N2. The SMILES string of the molecule is Cl.NCC1CC(NCc2ccccc2)CCC1c1cccc(Cl)c1. The first-order valence-corrected chi connectivity index (χ1v) is 8.87. The van der Waals surface area contributed by atoms with Gasteiger partial charge in [-0.25, -0.2) is 0 Å². The zero-order valence-corrected chi connectivity index (χ0v) is 15.4. The van der Waals surface area contributed by atoms with Crippen LogP contribution in [0.15, 0.2) is 54.6 Å². The molecule has 0 amide bonds. The van der Waals surface area contributed by atoms with E-state index in [-0.39, 0.29) is 12.4 Å². The molecule has 0 saturated heterocycles. The van der Waals surface area contributed by atoms with Gasteiger partial charge in [-0.2, -0.15) is 0 Å². The van der Waals surface area contributed by atoms with E-state index in [4.69, 9.17) is 17.3 Å². The Morgan fingerprint density at radius 3 is 2.54 bits per heavy atom. The zero-order chi connectivity index (χ0) is 16.1. The Hall–Kier alpha value is -1.06. The van der Waals surface area contributed by atoms with E-state index in [2.05, 4.69) is 47.8 Å². The Balaban J connectivity index is 0.00000208. The summed E-state index contributed by atoms with van der Waals surface area (Å²) in [4.78, 5) is 0. The number of hydrogen-bond acceptors (Lipinski definition) is 2. The zero-order valence-electron chi connectivity index (χ0n) is 13.8. The highest BCUT2D eigenvalue weighted by Crippen LogP contribution is 2.38. The van der Waals surface area contributed by atoms with Crippen LogP contribution in [0.1, 0.15) is 36.3 Å². The van der Waals surface area contributed by atoms with Crippen LogP contribution in [0, 0.1) is 5.92 Å². The minimum Gasteiger partial charge on any atom is -0.330 e. The summed E-state index contributed by atoms with van der Waals surface area (Å²) < 4.78 is 0. The second kappa shape index (κ2) is 9.43. The molecule has 2 aromatic carbocycles. The smallest absolute Gasteiger partial charge is 0.0408 e. The molecule has 2 aromatic rings. The van der Waals surface area contributed by atoms with Crippen molar-refractivity contribution in [2.75, 3.05) is 6.54 Å². The molecule has 24 heavy (non-hydrogen) atoms. The van der Waals surface area contributed by atoms with Gasteiger partial charge in [0.2, 0.25) is 0 Å². The van der Waals surface area contributed by atoms with Gasteiger partial charge in [-0.15, -0.1) is 12.4 Å². The van der Waals surface area contributed by atoms with Crippen molar-refractivity contribution in [3.8, 4) is 0 Å². The molecule has 130 valence electrons. The van der Waals surface area contributed by atoms with Crippen molar-refractivity contribution in [3.63, 3.8) is 0 Å². The molecule has 3 rings (SSSR count). The van der Waals surface area contributed by atoms with E-state index in [1.54, 1.807) is 0 Å². The van der Waals surface area contributed by atoms with Gasteiger partial charge in [0.05, 0.1) is 0 Å². The van der Waals surface area contributed by atoms with Gasteiger partial charge in [-0.1, -0.05) is 54.1 Å². The molecule has 0 aliphatic heterocycles. The van der Waals surface area contributed by atoms with Crippen molar-refractivity contribution in [1.29, 1.82) is 0 Å². The monoisotopic (exact) mass is 364 g/mol. The topological polar surface area (TPSA) is 38.0 Å². The first kappa shape index (κ1) is 19.3. The van der Waals surface area contributed by atoms with Crippen LogP contribution < -0.4 is 11.1 Å². The molecule has 1 aliphatic rings. The molecule has 3 unspecified atom stereocenters. The average Bonchev–Trinajstić information content (AvgIpc) is 2.60. The molecule has 1 fully saturated rings. The molecule has 0 bridgehead atoms. The van der Waals surface area contributed by atoms with Crippen molar-refractivity contribution in [2.24, 2.45) is 11.7 Å². The predicted octanol–water partition coefficient (Wildman–Crippen LogP) is 4.76. The Labute approximate surface area is 156 Å². The van der Waals surface area contributed by atoms with Gasteiger partial charge in [0, 0.05) is 17.6 Å². The number of hydrogen-bond donors (Lipinski definition) is 2. The quantitative estimate of drug-likeness (QED) is 0.802. The molecule has 0 radical (unpaired) electrons. The molecule has 0 aromatic heterocycles. The van der Waals surface area contributed by atoms with Crippen LogP contribution in [0.4, 0.5) is 0 Å². The van der Waals surface area contributed by atoms with Crippen LogP contribution in [-0.2, 0) is 6.54 Å². The fraction of sp³-hybridized carbons (Fsp3) is 0.400. The van der Waals surface area contributed by atoms with Gasteiger partial charge in [0.25, 0.3) is 0 Å². The number of halogens is 2. The van der Waals surface area contributed by atoms with Crippen LogP contribution in [-0.4, -0.2) is 12.6 Å². The summed E-state index contributed by atoms with van der Waals surface area (Å²) in [6, 6.07) is 19.4. The Morgan fingerprint density at radius 2 is 1.83 bits per heavy atom. The molecule has 3 N–H and O–H groups in total. The lowest BCUT2D eigenvalue weighted by Gasteiger charge is -2.36. The second-order valence-electron chi connectivity index (χ2n) is 6.53. The van der Waals surface area contributed by atoms with Crippen LogP contribution >= 0.6 is 24.0 Å². The molecular weight excluding hydrogens is 339 g/mol. The lowest BCUT2D eigenvalue weighted by atomic mass is 9.73. The van der Waals surface area contributed by atoms with Crippen molar-refractivity contribution < 1.29 is 0 Å². The van der Waals surface area contributed by atoms with E-state index < -0.39 is 0 Å². The van der Waals surface area contributed by atoms with Gasteiger partial charge in [0.15, 0.2) is 0 Å². The van der Waals surface area contributed by atoms with Crippen molar-refractivity contribution in [1.82, 2.24) is 5.32 Å². The Morgan fingerprint density at radius 1 is 1.04 bits per heavy atom. The fourth-order valence-corrected chi connectivity index (χ4v) is 3.94. The Kier molecular flexibility index (Phi) is 7.57. The van der Waals surface area contributed by atoms with Crippen LogP contribution in [0.2, 0.25) is 5.02 Å². The second-order valence-corrected chi connectivity index (χ2v) is 6.97. The van der Waals surface area contributed by atoms with Crippen molar-refractivity contribution in [3.05, 3.63) is 70.7 Å². The molecule has 0 heterocycles. The maximum atomic E-state index is 6.16. The van der Waals surface area contributed by atoms with E-state index in [9.17, 15) is 0 Å². The first-order chi connectivity index (χ1) is 11.3. The summed E-state index contributed by atoms with van der Waals surface area (Å²) in [5, 5.41) is 4.53. The Bertz CT molecular complexity index is 618. The van der Waals surface area contributed by atoms with Crippen LogP contribution in [0.5, 0.6) is 0 Å². The summed E-state index contributed by atoms with van der Waals surface area (Å²) in [5.74, 6) is 1.06. The third-order valence-corrected chi connectivity index (χ3v) is 5.23. The van der Waals surface area contributed by atoms with E-state index in [1.807, 2.05) is 12.1 Å². The van der Waals surface area contributed by atoms with E-state index in [0.29, 0.717) is 17.9 Å². The third-order valence-electron chi connectivity index (χ3n) is 5.00. The summed E-state index contributed by atoms with van der Waals surface area (Å²) >= 11 is 6.16. The van der Waals surface area contributed by atoms with E-state index >= 15 is 0 Å². The van der Waals surface area contributed by atoms with Gasteiger partial charge in [-0.3, -0.25) is 0 Å². The highest BCUT2D eigenvalue weighted by Gasteiger charge is 2.30. The maximum Gasteiger partial charge on any atom is 0.0408 e.